The Bertz CT molecular complexity index is 5790. The minimum absolute atomic E-state index is 0.303. The van der Waals surface area contributed by atoms with E-state index in [1.165, 1.54) is 12.1 Å². The summed E-state index contributed by atoms with van der Waals surface area (Å²) >= 11 is 0. The molecule has 0 amide bonds. The second-order valence-corrected chi connectivity index (χ2v) is 13.8. The van der Waals surface area contributed by atoms with E-state index in [2.05, 4.69) is 0 Å². The Morgan fingerprint density at radius 3 is 1.33 bits per heavy atom. The number of fused-ring (bicyclic) bond motifs is 9. The summed E-state index contributed by atoms with van der Waals surface area (Å²) in [5.74, 6) is 0. The van der Waals surface area contributed by atoms with Gasteiger partial charge in [0.25, 0.3) is 0 Å². The number of benzene rings is 10. The highest BCUT2D eigenvalue weighted by Gasteiger charge is 2.19. The van der Waals surface area contributed by atoms with Crippen LogP contribution in [0.4, 0.5) is 0 Å². The largest absolute Gasteiger partial charge is 0.456 e. The summed E-state index contributed by atoms with van der Waals surface area (Å²) < 4.78 is 315. The van der Waals surface area contributed by atoms with E-state index in [0.29, 0.717) is 0 Å². The van der Waals surface area contributed by atoms with Gasteiger partial charge in [0.1, 0.15) is 33.5 Å². The van der Waals surface area contributed by atoms with Crippen LogP contribution < -0.4 is 0 Å². The molecular weight excluding hydrogens is 769 g/mol. The summed E-state index contributed by atoms with van der Waals surface area (Å²) in [5.41, 5.74) is -10.8. The summed E-state index contributed by atoms with van der Waals surface area (Å²) in [6, 6.07) is -25.1. The Hall–Kier alpha value is -8.40. The third-order valence-corrected chi connectivity index (χ3v) is 10.2. The van der Waals surface area contributed by atoms with Crippen molar-refractivity contribution in [3.63, 3.8) is 0 Å². The zero-order chi connectivity index (χ0) is 70.2. The number of hydrogen-bond acceptors (Lipinski definition) is 3. The molecule has 0 spiro atoms. The zero-order valence-corrected chi connectivity index (χ0v) is 31.5. The van der Waals surface area contributed by atoms with Crippen molar-refractivity contribution in [3.05, 3.63) is 218 Å². The molecule has 0 unspecified atom stereocenters. The van der Waals surface area contributed by atoms with Gasteiger partial charge in [-0.25, -0.2) is 0 Å². The minimum atomic E-state index is -1.03. The van der Waals surface area contributed by atoms with Crippen molar-refractivity contribution in [1.29, 1.82) is 0 Å². The lowest BCUT2D eigenvalue weighted by atomic mass is 9.91. The molecule has 0 bridgehead atoms. The van der Waals surface area contributed by atoms with Gasteiger partial charge in [-0.2, -0.15) is 0 Å². The monoisotopic (exact) mass is 837 g/mol. The predicted molar refractivity (Wildman–Crippen MR) is 261 cm³/mol. The van der Waals surface area contributed by atoms with E-state index in [1.54, 1.807) is 0 Å². The molecular formula is C60H36O3. The second kappa shape index (κ2) is 14.1. The molecule has 63 heavy (non-hydrogen) atoms. The van der Waals surface area contributed by atoms with Crippen molar-refractivity contribution >= 4 is 65.8 Å². The van der Waals surface area contributed by atoms with Crippen LogP contribution in [0.2, 0.25) is 0 Å². The molecule has 0 N–H and O–H groups in total. The van der Waals surface area contributed by atoms with Crippen LogP contribution in [0.5, 0.6) is 0 Å². The molecule has 0 radical (unpaired) electrons. The highest BCUT2D eigenvalue weighted by molar-refractivity contribution is 6.17. The van der Waals surface area contributed by atoms with Gasteiger partial charge in [0.15, 0.2) is 0 Å². The van der Waals surface area contributed by atoms with Crippen LogP contribution in [0.3, 0.4) is 0 Å². The molecule has 3 nitrogen and oxygen atoms in total. The van der Waals surface area contributed by atoms with Crippen molar-refractivity contribution in [2.24, 2.45) is 0 Å². The van der Waals surface area contributed by atoms with Crippen LogP contribution >= 0.6 is 0 Å². The fourth-order valence-corrected chi connectivity index (χ4v) is 7.40. The lowest BCUT2D eigenvalue weighted by Gasteiger charge is -2.12. The molecule has 0 aliphatic rings. The van der Waals surface area contributed by atoms with E-state index in [1.807, 2.05) is 0 Å². The Labute approximate surface area is 409 Å². The first kappa shape index (κ1) is 15.8. The average molecular weight is 838 g/mol. The predicted octanol–water partition coefficient (Wildman–Crippen LogP) is 17.4. The molecule has 0 fully saturated rings. The zero-order valence-electron chi connectivity index (χ0n) is 64.5. The van der Waals surface area contributed by atoms with Gasteiger partial charge in [0.05, 0.1) is 45.2 Å². The molecule has 10 aromatic carbocycles. The van der Waals surface area contributed by atoms with Gasteiger partial charge in [0, 0.05) is 32.3 Å². The summed E-state index contributed by atoms with van der Waals surface area (Å²) in [6.07, 6.45) is 0. The molecule has 0 aliphatic heterocycles. The molecule has 0 atom stereocenters. The van der Waals surface area contributed by atoms with E-state index < -0.39 is 305 Å². The molecule has 3 heterocycles. The molecule has 3 heteroatoms. The average Bonchev–Trinajstić information content (AvgIpc) is 1.52. The first-order chi connectivity index (χ1) is 45.0. The van der Waals surface area contributed by atoms with E-state index >= 15 is 0 Å². The molecule has 0 saturated heterocycles. The summed E-state index contributed by atoms with van der Waals surface area (Å²) in [5, 5.41) is -2.97. The van der Waals surface area contributed by atoms with Crippen LogP contribution in [0.15, 0.2) is 231 Å². The topological polar surface area (TPSA) is 39.4 Å². The smallest absolute Gasteiger partial charge is 0.136 e. The Balaban J connectivity index is 1.14. The van der Waals surface area contributed by atoms with Crippen LogP contribution in [0, 0.1) is 0 Å². The molecule has 0 aliphatic carbocycles. The fourth-order valence-electron chi connectivity index (χ4n) is 7.40. The Kier molecular flexibility index (Phi) is 3.54. The van der Waals surface area contributed by atoms with Gasteiger partial charge >= 0.3 is 0 Å². The first-order valence-electron chi connectivity index (χ1n) is 35.2. The van der Waals surface area contributed by atoms with E-state index in [0.717, 1.165) is 6.07 Å². The van der Waals surface area contributed by atoms with Crippen molar-refractivity contribution in [3.8, 4) is 66.8 Å². The van der Waals surface area contributed by atoms with Crippen LogP contribution in [0.25, 0.3) is 133 Å². The molecule has 13 rings (SSSR count). The second-order valence-electron chi connectivity index (χ2n) is 13.8. The molecule has 0 saturated carbocycles. The van der Waals surface area contributed by atoms with E-state index in [4.69, 9.17) is 39.3 Å². The number of para-hydroxylation sites is 1. The number of furan rings is 3. The van der Waals surface area contributed by atoms with Gasteiger partial charge in [0.2, 0.25) is 0 Å². The SMILES string of the molecule is [2H]c1c([2H])c([2H])c(-c2cc(-c3c([2H])c([2H])c4c(oc5c([2H])c([2H])c([2H])c([2H])c54)c3[2H])cc(-c3c([2H])c([2H])c([2H])c4oc5c([2H])c([2H])c(-c6c([2H])c([2H])c([2H])c7oc8c([2H])c([2H])c(-c9c([2H])c([2H])c(-c%10c([2H])c([2H])c([2H])c([2H])c%10[2H])c([2H])c9[2H])c([2H])c8c67)c([2H])c5c34)c2)c([2H])c1[2H]. The van der Waals surface area contributed by atoms with E-state index in [9.17, 15) is 19.2 Å². The van der Waals surface area contributed by atoms with Crippen molar-refractivity contribution < 1.29 is 58.5 Å². The van der Waals surface area contributed by atoms with Gasteiger partial charge in [-0.1, -0.05) is 145 Å². The first-order valence-corrected chi connectivity index (χ1v) is 18.7. The lowest BCUT2D eigenvalue weighted by Crippen LogP contribution is -1.87. The maximum atomic E-state index is 10.2. The highest BCUT2D eigenvalue weighted by atomic mass is 16.3. The maximum absolute atomic E-state index is 10.2. The maximum Gasteiger partial charge on any atom is 0.136 e. The molecule has 294 valence electrons. The number of rotatable bonds is 6. The van der Waals surface area contributed by atoms with Gasteiger partial charge in [-0.05, 0) is 139 Å². The fraction of sp³-hybridized carbons (Fsp3) is 0. The Morgan fingerprint density at radius 2 is 0.651 bits per heavy atom. The number of hydrogen-bond donors (Lipinski definition) is 0. The van der Waals surface area contributed by atoms with Crippen molar-refractivity contribution in [2.45, 2.75) is 0 Å². The normalized spacial score (nSPS) is 19.1. The van der Waals surface area contributed by atoms with Gasteiger partial charge < -0.3 is 13.3 Å². The van der Waals surface area contributed by atoms with Gasteiger partial charge in [-0.3, -0.25) is 0 Å². The Morgan fingerprint density at radius 1 is 0.238 bits per heavy atom. The van der Waals surface area contributed by atoms with Crippen molar-refractivity contribution in [1.82, 2.24) is 0 Å². The van der Waals surface area contributed by atoms with E-state index in [-0.39, 0.29) is 27.5 Å². The van der Waals surface area contributed by atoms with Crippen molar-refractivity contribution in [2.75, 3.05) is 0 Å². The summed E-state index contributed by atoms with van der Waals surface area (Å²) in [4.78, 5) is 0. The standard InChI is InChI=1S/C60H36O3/c1-3-11-37(12-4-1)39-21-23-40(24-22-39)41-26-29-54-51(34-41)59-47(16-9-19-56(59)61-54)43-27-30-55-52(35-43)60-48(17-10-20-57(60)62-55)46-32-44(38-13-5-2-6-14-38)31-45(33-46)42-25-28-50-49-15-7-8-18-53(49)63-58(50)36-42/h1-36H/i1D,2D,3D,4D,5D,6D,7D,8D,9D,10D,11D,12D,13D,14D,15D,16D,17D,18D,19D,20D,21D,22D,23D,24D,25D,26D,27D,28D,29D,30D,34D,35D,36D. The third kappa shape index (κ3) is 5.89. The quantitative estimate of drug-likeness (QED) is 0.167. The van der Waals surface area contributed by atoms with Gasteiger partial charge in [-0.15, -0.1) is 0 Å². The summed E-state index contributed by atoms with van der Waals surface area (Å²) in [6.45, 7) is 0. The highest BCUT2D eigenvalue weighted by Crippen LogP contribution is 2.44. The molecule has 13 aromatic rings. The minimum Gasteiger partial charge on any atom is -0.456 e. The van der Waals surface area contributed by atoms with Crippen LogP contribution in [0.1, 0.15) is 45.2 Å². The van der Waals surface area contributed by atoms with Crippen LogP contribution in [-0.4, -0.2) is 0 Å². The summed E-state index contributed by atoms with van der Waals surface area (Å²) in [7, 11) is 0. The molecule has 3 aromatic heterocycles. The third-order valence-electron chi connectivity index (χ3n) is 10.2. The van der Waals surface area contributed by atoms with Crippen LogP contribution in [-0.2, 0) is 0 Å². The lowest BCUT2D eigenvalue weighted by molar-refractivity contribution is 0.668.